The van der Waals surface area contributed by atoms with Crippen LogP contribution < -0.4 is 20.9 Å². The van der Waals surface area contributed by atoms with Crippen molar-refractivity contribution < 1.29 is 9.59 Å². The number of benzene rings is 2. The number of rotatable bonds is 6. The van der Waals surface area contributed by atoms with E-state index in [0.717, 1.165) is 24.5 Å². The zero-order chi connectivity index (χ0) is 21.5. The normalized spacial score (nSPS) is 13.0. The molecule has 0 atom stereocenters. The predicted molar refractivity (Wildman–Crippen MR) is 122 cm³/mol. The highest BCUT2D eigenvalue weighted by atomic mass is 16.2. The highest BCUT2D eigenvalue weighted by molar-refractivity contribution is 6.00. The number of anilines is 3. The van der Waals surface area contributed by atoms with Crippen molar-refractivity contribution in [1.82, 2.24) is 10.3 Å². The van der Waals surface area contributed by atoms with E-state index in [1.54, 1.807) is 30.5 Å². The molecule has 1 aliphatic rings. The van der Waals surface area contributed by atoms with E-state index in [1.807, 2.05) is 42.5 Å². The average Bonchev–Trinajstić information content (AvgIpc) is 3.34. The van der Waals surface area contributed by atoms with Gasteiger partial charge in [0.2, 0.25) is 0 Å². The van der Waals surface area contributed by atoms with Crippen LogP contribution in [0.3, 0.4) is 0 Å². The SMILES string of the molecule is O=C(Nc1ccccc1)Nc1ccc(C(=O)NCc2ccnc(N3CCCC3)c2)cc1. The maximum absolute atomic E-state index is 12.5. The van der Waals surface area contributed by atoms with Crippen molar-refractivity contribution in [2.75, 3.05) is 28.6 Å². The van der Waals surface area contributed by atoms with Gasteiger partial charge >= 0.3 is 6.03 Å². The summed E-state index contributed by atoms with van der Waals surface area (Å²) in [4.78, 5) is 31.3. The molecule has 1 saturated heterocycles. The summed E-state index contributed by atoms with van der Waals surface area (Å²) in [5.41, 5.74) is 2.86. The number of carbonyl (C=O) groups excluding carboxylic acids is 2. The van der Waals surface area contributed by atoms with Crippen molar-refractivity contribution in [3.63, 3.8) is 0 Å². The fourth-order valence-electron chi connectivity index (χ4n) is 3.49. The fourth-order valence-corrected chi connectivity index (χ4v) is 3.49. The molecule has 0 aliphatic carbocycles. The third-order valence-electron chi connectivity index (χ3n) is 5.13. The van der Waals surface area contributed by atoms with Crippen molar-refractivity contribution in [2.45, 2.75) is 19.4 Å². The molecule has 31 heavy (non-hydrogen) atoms. The van der Waals surface area contributed by atoms with Crippen molar-refractivity contribution in [2.24, 2.45) is 0 Å². The van der Waals surface area contributed by atoms with E-state index in [1.165, 1.54) is 12.8 Å². The number of carbonyl (C=O) groups is 2. The molecule has 0 spiro atoms. The summed E-state index contributed by atoms with van der Waals surface area (Å²) in [7, 11) is 0. The summed E-state index contributed by atoms with van der Waals surface area (Å²) in [6, 6.07) is 19.6. The van der Waals surface area contributed by atoms with Crippen LogP contribution in [-0.4, -0.2) is 30.0 Å². The van der Waals surface area contributed by atoms with Crippen LogP contribution in [0.5, 0.6) is 0 Å². The summed E-state index contributed by atoms with van der Waals surface area (Å²) >= 11 is 0. The third kappa shape index (κ3) is 5.60. The van der Waals surface area contributed by atoms with Gasteiger partial charge < -0.3 is 20.9 Å². The number of hydrogen-bond donors (Lipinski definition) is 3. The quantitative estimate of drug-likeness (QED) is 0.562. The van der Waals surface area contributed by atoms with Crippen LogP contribution in [0.1, 0.15) is 28.8 Å². The Morgan fingerprint density at radius 2 is 1.55 bits per heavy atom. The number of hydrogen-bond acceptors (Lipinski definition) is 4. The molecule has 4 rings (SSSR count). The number of nitrogens with zero attached hydrogens (tertiary/aromatic N) is 2. The molecular formula is C24H25N5O2. The van der Waals surface area contributed by atoms with Gasteiger partial charge in [0.1, 0.15) is 5.82 Å². The molecule has 3 amide bonds. The highest BCUT2D eigenvalue weighted by Crippen LogP contribution is 2.18. The van der Waals surface area contributed by atoms with Crippen molar-refractivity contribution in [1.29, 1.82) is 0 Å². The van der Waals surface area contributed by atoms with E-state index >= 15 is 0 Å². The summed E-state index contributed by atoms with van der Waals surface area (Å²) < 4.78 is 0. The first-order valence-electron chi connectivity index (χ1n) is 10.4. The van der Waals surface area contributed by atoms with Crippen molar-refractivity contribution in [3.8, 4) is 0 Å². The number of aromatic nitrogens is 1. The van der Waals surface area contributed by atoms with Gasteiger partial charge in [0.15, 0.2) is 0 Å². The molecule has 2 aromatic carbocycles. The fraction of sp³-hybridized carbons (Fsp3) is 0.208. The van der Waals surface area contributed by atoms with Crippen LogP contribution in [-0.2, 0) is 6.54 Å². The molecule has 1 fully saturated rings. The Bertz CT molecular complexity index is 1030. The lowest BCUT2D eigenvalue weighted by molar-refractivity contribution is 0.0951. The zero-order valence-electron chi connectivity index (χ0n) is 17.2. The van der Waals surface area contributed by atoms with Crippen LogP contribution in [0.25, 0.3) is 0 Å². The highest BCUT2D eigenvalue weighted by Gasteiger charge is 2.14. The first kappa shape index (κ1) is 20.4. The first-order chi connectivity index (χ1) is 15.2. The Labute approximate surface area is 181 Å². The molecule has 3 N–H and O–H groups in total. The molecule has 7 heteroatoms. The molecule has 7 nitrogen and oxygen atoms in total. The van der Waals surface area contributed by atoms with Gasteiger partial charge in [-0.3, -0.25) is 4.79 Å². The summed E-state index contributed by atoms with van der Waals surface area (Å²) in [6.07, 6.45) is 4.18. The van der Waals surface area contributed by atoms with Gasteiger partial charge in [0.25, 0.3) is 5.91 Å². The molecule has 0 saturated carbocycles. The van der Waals surface area contributed by atoms with Crippen LogP contribution >= 0.6 is 0 Å². The molecule has 1 aromatic heterocycles. The Balaban J connectivity index is 1.29. The molecule has 0 radical (unpaired) electrons. The largest absolute Gasteiger partial charge is 0.357 e. The van der Waals surface area contributed by atoms with Crippen LogP contribution in [0, 0.1) is 0 Å². The van der Waals surface area contributed by atoms with Gasteiger partial charge in [-0.15, -0.1) is 0 Å². The number of amides is 3. The maximum Gasteiger partial charge on any atom is 0.323 e. The van der Waals surface area contributed by atoms with Gasteiger partial charge in [0, 0.05) is 42.8 Å². The Morgan fingerprint density at radius 3 is 2.26 bits per heavy atom. The van der Waals surface area contributed by atoms with Crippen LogP contribution in [0.2, 0.25) is 0 Å². The molecular weight excluding hydrogens is 390 g/mol. The van der Waals surface area contributed by atoms with Crippen LogP contribution in [0.4, 0.5) is 22.0 Å². The Morgan fingerprint density at radius 1 is 0.871 bits per heavy atom. The minimum atomic E-state index is -0.338. The molecule has 3 aromatic rings. The first-order valence-corrected chi connectivity index (χ1v) is 10.4. The average molecular weight is 415 g/mol. The molecule has 0 unspecified atom stereocenters. The van der Waals surface area contributed by atoms with E-state index in [4.69, 9.17) is 0 Å². The van der Waals surface area contributed by atoms with Crippen molar-refractivity contribution in [3.05, 3.63) is 84.1 Å². The second-order valence-corrected chi connectivity index (χ2v) is 7.42. The van der Waals surface area contributed by atoms with E-state index in [9.17, 15) is 9.59 Å². The molecule has 1 aliphatic heterocycles. The number of pyridine rings is 1. The van der Waals surface area contributed by atoms with Crippen LogP contribution in [0.15, 0.2) is 72.9 Å². The number of para-hydroxylation sites is 1. The Hall–Kier alpha value is -3.87. The van der Waals surface area contributed by atoms with Gasteiger partial charge in [-0.05, 0) is 66.9 Å². The Kier molecular flexibility index (Phi) is 6.42. The van der Waals surface area contributed by atoms with E-state index in [0.29, 0.717) is 23.5 Å². The minimum absolute atomic E-state index is 0.167. The lowest BCUT2D eigenvalue weighted by Gasteiger charge is -2.17. The summed E-state index contributed by atoms with van der Waals surface area (Å²) in [6.45, 7) is 2.50. The van der Waals surface area contributed by atoms with E-state index < -0.39 is 0 Å². The molecule has 0 bridgehead atoms. The minimum Gasteiger partial charge on any atom is -0.357 e. The molecule has 158 valence electrons. The van der Waals surface area contributed by atoms with Gasteiger partial charge in [-0.25, -0.2) is 9.78 Å². The maximum atomic E-state index is 12.5. The number of urea groups is 1. The summed E-state index contributed by atoms with van der Waals surface area (Å²) in [5.74, 6) is 0.799. The lowest BCUT2D eigenvalue weighted by atomic mass is 10.2. The summed E-state index contributed by atoms with van der Waals surface area (Å²) in [5, 5.41) is 8.45. The monoisotopic (exact) mass is 415 g/mol. The second-order valence-electron chi connectivity index (χ2n) is 7.42. The topological polar surface area (TPSA) is 86.4 Å². The van der Waals surface area contributed by atoms with Gasteiger partial charge in [0.05, 0.1) is 0 Å². The number of nitrogens with one attached hydrogen (secondary N) is 3. The van der Waals surface area contributed by atoms with Gasteiger partial charge in [-0.2, -0.15) is 0 Å². The van der Waals surface area contributed by atoms with E-state index in [-0.39, 0.29) is 11.9 Å². The standard InChI is InChI=1S/C24H25N5O2/c30-23(26-17-18-12-13-25-22(16-18)29-14-4-5-15-29)19-8-10-21(11-9-19)28-24(31)27-20-6-2-1-3-7-20/h1-3,6-13,16H,4-5,14-15,17H2,(H,26,30)(H2,27,28,31). The molecule has 2 heterocycles. The lowest BCUT2D eigenvalue weighted by Crippen LogP contribution is -2.24. The predicted octanol–water partition coefficient (Wildman–Crippen LogP) is 4.26. The zero-order valence-corrected chi connectivity index (χ0v) is 17.2. The van der Waals surface area contributed by atoms with Crippen molar-refractivity contribution >= 4 is 29.1 Å². The second kappa shape index (κ2) is 9.75. The van der Waals surface area contributed by atoms with E-state index in [2.05, 4.69) is 25.8 Å². The van der Waals surface area contributed by atoms with Gasteiger partial charge in [-0.1, -0.05) is 18.2 Å². The smallest absolute Gasteiger partial charge is 0.323 e. The third-order valence-corrected chi connectivity index (χ3v) is 5.13.